The van der Waals surface area contributed by atoms with E-state index in [0.717, 1.165) is 41.2 Å². The molecule has 3 aromatic heterocycles. The Kier molecular flexibility index (Phi) is 4.47. The van der Waals surface area contributed by atoms with E-state index in [4.69, 9.17) is 9.05 Å². The van der Waals surface area contributed by atoms with Crippen LogP contribution < -0.4 is 0 Å². The maximum absolute atomic E-state index is 12.5. The number of hydrogen-bond acceptors (Lipinski definition) is 7. The zero-order valence-corrected chi connectivity index (χ0v) is 15.6. The lowest BCUT2D eigenvalue weighted by Crippen LogP contribution is -2.28. The van der Waals surface area contributed by atoms with Crippen LogP contribution in [0.4, 0.5) is 0 Å². The van der Waals surface area contributed by atoms with Gasteiger partial charge in [0.1, 0.15) is 12.1 Å². The first-order chi connectivity index (χ1) is 13.0. The molecule has 8 nitrogen and oxygen atoms in total. The van der Waals surface area contributed by atoms with E-state index in [-0.39, 0.29) is 5.91 Å². The number of likely N-dealkylation sites (tertiary alicyclic amines) is 1. The summed E-state index contributed by atoms with van der Waals surface area (Å²) in [6.45, 7) is 6.98. The minimum atomic E-state index is -0.0998. The Morgan fingerprint density at radius 2 is 2.04 bits per heavy atom. The molecule has 0 bridgehead atoms. The second-order valence-corrected chi connectivity index (χ2v) is 7.04. The number of amides is 1. The highest BCUT2D eigenvalue weighted by Crippen LogP contribution is 2.27. The quantitative estimate of drug-likeness (QED) is 0.699. The van der Waals surface area contributed by atoms with Crippen molar-refractivity contribution >= 4 is 5.91 Å². The summed E-state index contributed by atoms with van der Waals surface area (Å²) in [5, 5.41) is 7.78. The van der Waals surface area contributed by atoms with Crippen molar-refractivity contribution in [2.24, 2.45) is 5.92 Å². The highest BCUT2D eigenvalue weighted by Gasteiger charge is 2.29. The van der Waals surface area contributed by atoms with Crippen LogP contribution in [0.25, 0.3) is 11.3 Å². The number of carbonyl (C=O) groups is 1. The van der Waals surface area contributed by atoms with Gasteiger partial charge in [0.25, 0.3) is 5.91 Å². The molecule has 140 valence electrons. The normalized spacial score (nSPS) is 16.9. The number of nitrogens with zero attached hydrogens (tertiary/aromatic N) is 5. The first-order valence-corrected chi connectivity index (χ1v) is 8.98. The highest BCUT2D eigenvalue weighted by molar-refractivity contribution is 5.91. The Labute approximate surface area is 156 Å². The molecule has 3 aromatic rings. The van der Waals surface area contributed by atoms with Crippen LogP contribution in [0.1, 0.15) is 39.8 Å². The van der Waals surface area contributed by atoms with Crippen LogP contribution in [0.5, 0.6) is 0 Å². The number of rotatable bonds is 4. The van der Waals surface area contributed by atoms with E-state index in [1.807, 2.05) is 24.8 Å². The molecule has 0 N–H and O–H groups in total. The van der Waals surface area contributed by atoms with Crippen molar-refractivity contribution in [1.82, 2.24) is 25.2 Å². The standard InChI is InChI=1S/C19H21N5O3/c1-11-6-17(27-22-11)19(25)24-5-4-14(9-24)7-15-8-16(21-10-20-15)18-12(2)23-26-13(18)3/h6,8,10,14H,4-5,7,9H2,1-3H3/t14-/m1/s1. The number of carbonyl (C=O) groups excluding carboxylic acids is 1. The van der Waals surface area contributed by atoms with E-state index in [1.165, 1.54) is 0 Å². The smallest absolute Gasteiger partial charge is 0.292 e. The minimum Gasteiger partial charge on any atom is -0.361 e. The fraction of sp³-hybridized carbons (Fsp3) is 0.421. The van der Waals surface area contributed by atoms with Crippen molar-refractivity contribution in [2.45, 2.75) is 33.6 Å². The molecule has 4 heterocycles. The van der Waals surface area contributed by atoms with E-state index in [2.05, 4.69) is 20.3 Å². The third kappa shape index (κ3) is 3.47. The summed E-state index contributed by atoms with van der Waals surface area (Å²) in [7, 11) is 0. The molecule has 0 unspecified atom stereocenters. The Morgan fingerprint density at radius 3 is 2.74 bits per heavy atom. The predicted octanol–water partition coefficient (Wildman–Crippen LogP) is 2.75. The molecular weight excluding hydrogens is 346 g/mol. The molecule has 27 heavy (non-hydrogen) atoms. The lowest BCUT2D eigenvalue weighted by Gasteiger charge is -2.14. The highest BCUT2D eigenvalue weighted by atomic mass is 16.5. The van der Waals surface area contributed by atoms with Crippen LogP contribution in [-0.2, 0) is 6.42 Å². The van der Waals surface area contributed by atoms with Crippen molar-refractivity contribution in [3.63, 3.8) is 0 Å². The largest absolute Gasteiger partial charge is 0.361 e. The van der Waals surface area contributed by atoms with Gasteiger partial charge < -0.3 is 13.9 Å². The summed E-state index contributed by atoms with van der Waals surface area (Å²) in [4.78, 5) is 23.1. The second kappa shape index (κ2) is 6.94. The topological polar surface area (TPSA) is 98.2 Å². The monoisotopic (exact) mass is 367 g/mol. The summed E-state index contributed by atoms with van der Waals surface area (Å²) in [5.74, 6) is 1.30. The number of hydrogen-bond donors (Lipinski definition) is 0. The summed E-state index contributed by atoms with van der Waals surface area (Å²) >= 11 is 0. The molecule has 0 saturated carbocycles. The Morgan fingerprint density at radius 1 is 1.19 bits per heavy atom. The van der Waals surface area contributed by atoms with Crippen LogP contribution in [-0.4, -0.2) is 44.2 Å². The molecule has 0 spiro atoms. The van der Waals surface area contributed by atoms with E-state index < -0.39 is 0 Å². The molecule has 4 rings (SSSR count). The summed E-state index contributed by atoms with van der Waals surface area (Å²) in [5.41, 5.74) is 4.22. The lowest BCUT2D eigenvalue weighted by atomic mass is 10.0. The van der Waals surface area contributed by atoms with Crippen molar-refractivity contribution in [3.05, 3.63) is 47.1 Å². The molecule has 0 aromatic carbocycles. The lowest BCUT2D eigenvalue weighted by molar-refractivity contribution is 0.0745. The van der Waals surface area contributed by atoms with Crippen LogP contribution >= 0.6 is 0 Å². The molecule has 8 heteroatoms. The zero-order valence-electron chi connectivity index (χ0n) is 15.6. The van der Waals surface area contributed by atoms with Crippen molar-refractivity contribution in [1.29, 1.82) is 0 Å². The second-order valence-electron chi connectivity index (χ2n) is 7.04. The van der Waals surface area contributed by atoms with Gasteiger partial charge in [0.05, 0.1) is 22.6 Å². The van der Waals surface area contributed by atoms with Crippen molar-refractivity contribution in [3.8, 4) is 11.3 Å². The fourth-order valence-electron chi connectivity index (χ4n) is 3.59. The van der Waals surface area contributed by atoms with Gasteiger partial charge in [-0.25, -0.2) is 9.97 Å². The van der Waals surface area contributed by atoms with Gasteiger partial charge in [-0.2, -0.15) is 0 Å². The molecule has 0 radical (unpaired) electrons. The predicted molar refractivity (Wildman–Crippen MR) is 96.0 cm³/mol. The van der Waals surface area contributed by atoms with E-state index in [0.29, 0.717) is 30.5 Å². The number of aryl methyl sites for hydroxylation is 3. The van der Waals surface area contributed by atoms with Crippen LogP contribution in [0, 0.1) is 26.7 Å². The van der Waals surface area contributed by atoms with Gasteiger partial charge in [-0.1, -0.05) is 10.3 Å². The molecule has 1 atom stereocenters. The Balaban J connectivity index is 1.45. The molecule has 0 aliphatic carbocycles. The number of aromatic nitrogens is 4. The molecule has 1 fully saturated rings. The third-order valence-electron chi connectivity index (χ3n) is 4.92. The molecule has 1 saturated heterocycles. The van der Waals surface area contributed by atoms with Crippen LogP contribution in [0.2, 0.25) is 0 Å². The van der Waals surface area contributed by atoms with Gasteiger partial charge in [-0.15, -0.1) is 0 Å². The van der Waals surface area contributed by atoms with Gasteiger partial charge in [0.2, 0.25) is 5.76 Å². The van der Waals surface area contributed by atoms with E-state index >= 15 is 0 Å². The SMILES string of the molecule is Cc1cc(C(=O)N2CC[C@H](Cc3cc(-c4c(C)noc4C)ncn3)C2)on1. The fourth-order valence-corrected chi connectivity index (χ4v) is 3.59. The molecule has 1 aliphatic heterocycles. The van der Waals surface area contributed by atoms with Gasteiger partial charge >= 0.3 is 0 Å². The van der Waals surface area contributed by atoms with E-state index in [1.54, 1.807) is 19.3 Å². The first-order valence-electron chi connectivity index (χ1n) is 8.98. The first kappa shape index (κ1) is 17.4. The summed E-state index contributed by atoms with van der Waals surface area (Å²) in [6.07, 6.45) is 3.30. The average Bonchev–Trinajstić information content (AvgIpc) is 3.36. The van der Waals surface area contributed by atoms with Gasteiger partial charge in [-0.3, -0.25) is 4.79 Å². The Bertz CT molecular complexity index is 958. The minimum absolute atomic E-state index is 0.0998. The molecular formula is C19H21N5O3. The average molecular weight is 367 g/mol. The zero-order chi connectivity index (χ0) is 19.0. The molecule has 1 aliphatic rings. The summed E-state index contributed by atoms with van der Waals surface area (Å²) < 4.78 is 10.3. The maximum atomic E-state index is 12.5. The van der Waals surface area contributed by atoms with Crippen molar-refractivity contribution in [2.75, 3.05) is 13.1 Å². The Hall–Kier alpha value is -3.03. The third-order valence-corrected chi connectivity index (χ3v) is 4.92. The van der Waals surface area contributed by atoms with E-state index in [9.17, 15) is 4.79 Å². The van der Waals surface area contributed by atoms with Crippen LogP contribution in [0.3, 0.4) is 0 Å². The van der Waals surface area contributed by atoms with Gasteiger partial charge in [0.15, 0.2) is 0 Å². The van der Waals surface area contributed by atoms with Crippen LogP contribution in [0.15, 0.2) is 27.5 Å². The maximum Gasteiger partial charge on any atom is 0.292 e. The van der Waals surface area contributed by atoms with Crippen molar-refractivity contribution < 1.29 is 13.8 Å². The summed E-state index contributed by atoms with van der Waals surface area (Å²) in [6, 6.07) is 3.66. The van der Waals surface area contributed by atoms with Gasteiger partial charge in [0, 0.05) is 24.8 Å². The molecule has 1 amide bonds. The van der Waals surface area contributed by atoms with Gasteiger partial charge in [-0.05, 0) is 45.6 Å².